The number of aromatic nitrogens is 1. The molecule has 0 fully saturated rings. The van der Waals surface area contributed by atoms with Crippen molar-refractivity contribution in [2.24, 2.45) is 0 Å². The van der Waals surface area contributed by atoms with Crippen molar-refractivity contribution in [2.75, 3.05) is 0 Å². The van der Waals surface area contributed by atoms with Crippen LogP contribution in [0.1, 0.15) is 11.1 Å². The fourth-order valence-corrected chi connectivity index (χ4v) is 1.59. The fraction of sp³-hybridized carbons (Fsp3) is 0.167. The van der Waals surface area contributed by atoms with Crippen LogP contribution in [0, 0.1) is 6.92 Å². The number of carbonyl (C=O) groups is 1. The van der Waals surface area contributed by atoms with Gasteiger partial charge in [0.2, 0.25) is 0 Å². The van der Waals surface area contributed by atoms with Gasteiger partial charge in [-0.15, -0.1) is 0 Å². The predicted molar refractivity (Wildman–Crippen MR) is 60.8 cm³/mol. The van der Waals surface area contributed by atoms with Crippen molar-refractivity contribution in [3.63, 3.8) is 0 Å². The fourth-order valence-electron chi connectivity index (χ4n) is 1.59. The number of hydrogen-bond acceptors (Lipinski definition) is 3. The van der Waals surface area contributed by atoms with Gasteiger partial charge in [-0.05, 0) is 6.92 Å². The normalized spacial score (nSPS) is 10.4. The van der Waals surface area contributed by atoms with Gasteiger partial charge >= 0.3 is 11.6 Å². The summed E-state index contributed by atoms with van der Waals surface area (Å²) in [4.78, 5) is 22.0. The Morgan fingerprint density at radius 2 is 2.00 bits per heavy atom. The van der Waals surface area contributed by atoms with Crippen molar-refractivity contribution in [1.82, 2.24) is 5.16 Å². The Balaban J connectivity index is 2.48. The van der Waals surface area contributed by atoms with Gasteiger partial charge in [-0.1, -0.05) is 29.8 Å². The van der Waals surface area contributed by atoms with Crippen LogP contribution in [0.5, 0.6) is 0 Å². The number of carboxylic acids is 1. The first-order chi connectivity index (χ1) is 8.08. The molecule has 0 radical (unpaired) electrons. The number of aromatic amines is 1. The number of benzene rings is 1. The molecule has 0 aliphatic carbocycles. The first-order valence-electron chi connectivity index (χ1n) is 5.07. The molecule has 2 rings (SSSR count). The number of nitrogens with one attached hydrogen (secondary N) is 1. The minimum Gasteiger partial charge on any atom is -0.481 e. The Hall–Kier alpha value is -2.30. The van der Waals surface area contributed by atoms with Gasteiger partial charge in [0.25, 0.3) is 0 Å². The van der Waals surface area contributed by atoms with Crippen LogP contribution in [-0.4, -0.2) is 16.2 Å². The van der Waals surface area contributed by atoms with E-state index in [-0.39, 0.29) is 12.0 Å². The van der Waals surface area contributed by atoms with Gasteiger partial charge in [-0.25, -0.2) is 9.95 Å². The van der Waals surface area contributed by atoms with E-state index in [1.807, 2.05) is 31.2 Å². The number of aryl methyl sites for hydroxylation is 1. The molecule has 2 aromatic rings. The van der Waals surface area contributed by atoms with Crippen molar-refractivity contribution in [1.29, 1.82) is 0 Å². The minimum absolute atomic E-state index is 0.140. The first kappa shape index (κ1) is 11.2. The molecule has 1 heterocycles. The molecule has 2 N–H and O–H groups in total. The van der Waals surface area contributed by atoms with Crippen molar-refractivity contribution in [3.05, 3.63) is 45.8 Å². The maximum absolute atomic E-state index is 11.4. The number of carboxylic acid groups (broad SMARTS) is 1. The second-order valence-electron chi connectivity index (χ2n) is 3.78. The van der Waals surface area contributed by atoms with Gasteiger partial charge in [-0.3, -0.25) is 4.79 Å². The van der Waals surface area contributed by atoms with E-state index in [0.717, 1.165) is 11.1 Å². The average molecular weight is 233 g/mol. The Bertz CT molecular complexity index is 592. The summed E-state index contributed by atoms with van der Waals surface area (Å²) in [5, 5.41) is 11.2. The van der Waals surface area contributed by atoms with Crippen molar-refractivity contribution < 1.29 is 14.4 Å². The lowest BCUT2D eigenvalue weighted by atomic mass is 10.0. The molecule has 0 saturated carbocycles. The molecule has 88 valence electrons. The maximum Gasteiger partial charge on any atom is 0.361 e. The molecule has 0 amide bonds. The number of rotatable bonds is 3. The van der Waals surface area contributed by atoms with Crippen LogP contribution in [0.15, 0.2) is 33.6 Å². The Morgan fingerprint density at radius 3 is 2.59 bits per heavy atom. The molecular weight excluding hydrogens is 222 g/mol. The van der Waals surface area contributed by atoms with E-state index in [1.165, 1.54) is 0 Å². The summed E-state index contributed by atoms with van der Waals surface area (Å²) in [6, 6.07) is 7.37. The summed E-state index contributed by atoms with van der Waals surface area (Å²) < 4.78 is 4.64. The molecule has 0 spiro atoms. The third-order valence-corrected chi connectivity index (χ3v) is 2.46. The summed E-state index contributed by atoms with van der Waals surface area (Å²) in [6.45, 7) is 1.94. The van der Waals surface area contributed by atoms with Gasteiger partial charge in [-0.2, -0.15) is 0 Å². The zero-order chi connectivity index (χ0) is 12.4. The summed E-state index contributed by atoms with van der Waals surface area (Å²) >= 11 is 0. The van der Waals surface area contributed by atoms with Crippen molar-refractivity contribution in [3.8, 4) is 11.3 Å². The van der Waals surface area contributed by atoms with E-state index < -0.39 is 11.6 Å². The zero-order valence-electron chi connectivity index (χ0n) is 9.19. The Labute approximate surface area is 96.7 Å². The van der Waals surface area contributed by atoms with E-state index in [0.29, 0.717) is 5.69 Å². The van der Waals surface area contributed by atoms with Crippen LogP contribution >= 0.6 is 0 Å². The van der Waals surface area contributed by atoms with Gasteiger partial charge < -0.3 is 9.63 Å². The Kier molecular flexibility index (Phi) is 2.82. The molecule has 1 aromatic heterocycles. The van der Waals surface area contributed by atoms with Gasteiger partial charge in [0, 0.05) is 5.56 Å². The molecule has 17 heavy (non-hydrogen) atoms. The number of aliphatic carboxylic acids is 1. The van der Waals surface area contributed by atoms with Crippen molar-refractivity contribution >= 4 is 5.97 Å². The van der Waals surface area contributed by atoms with Crippen LogP contribution < -0.4 is 5.63 Å². The second-order valence-corrected chi connectivity index (χ2v) is 3.78. The highest BCUT2D eigenvalue weighted by Gasteiger charge is 2.16. The third-order valence-electron chi connectivity index (χ3n) is 2.46. The molecule has 5 heteroatoms. The van der Waals surface area contributed by atoms with E-state index in [1.54, 1.807) is 0 Å². The van der Waals surface area contributed by atoms with Gasteiger partial charge in [0.05, 0.1) is 17.7 Å². The maximum atomic E-state index is 11.4. The van der Waals surface area contributed by atoms with Gasteiger partial charge in [0.15, 0.2) is 0 Å². The average Bonchev–Trinajstić information content (AvgIpc) is 2.61. The largest absolute Gasteiger partial charge is 0.481 e. The van der Waals surface area contributed by atoms with Crippen LogP contribution in [0.2, 0.25) is 0 Å². The standard InChI is InChI=1S/C12H11NO4/c1-7-2-4-8(5-3-7)11-9(6-10(14)15)12(16)17-13-11/h2-5,13H,6H2,1H3,(H,14,15). The lowest BCUT2D eigenvalue weighted by Gasteiger charge is -2.00. The first-order valence-corrected chi connectivity index (χ1v) is 5.07. The quantitative estimate of drug-likeness (QED) is 0.842. The Morgan fingerprint density at radius 1 is 1.35 bits per heavy atom. The predicted octanol–water partition coefficient (Wildman–Crippen LogP) is 1.57. The molecule has 0 unspecified atom stereocenters. The minimum atomic E-state index is -1.06. The molecule has 0 aliphatic rings. The summed E-state index contributed by atoms with van der Waals surface area (Å²) in [6.07, 6.45) is -0.352. The molecule has 0 saturated heterocycles. The molecule has 5 nitrogen and oxygen atoms in total. The lowest BCUT2D eigenvalue weighted by Crippen LogP contribution is -2.09. The number of hydrogen-bond donors (Lipinski definition) is 2. The van der Waals surface area contributed by atoms with E-state index in [2.05, 4.69) is 9.68 Å². The van der Waals surface area contributed by atoms with Crippen LogP contribution in [0.25, 0.3) is 11.3 Å². The van der Waals surface area contributed by atoms with Crippen molar-refractivity contribution in [2.45, 2.75) is 13.3 Å². The lowest BCUT2D eigenvalue weighted by molar-refractivity contribution is -0.136. The van der Waals surface area contributed by atoms with Crippen LogP contribution in [0.3, 0.4) is 0 Å². The molecule has 0 bridgehead atoms. The highest BCUT2D eigenvalue weighted by atomic mass is 16.5. The van der Waals surface area contributed by atoms with Crippen LogP contribution in [-0.2, 0) is 11.2 Å². The summed E-state index contributed by atoms with van der Waals surface area (Å²) in [5.41, 5.74) is 1.75. The van der Waals surface area contributed by atoms with Gasteiger partial charge in [0.1, 0.15) is 0 Å². The second kappa shape index (κ2) is 4.29. The summed E-state index contributed by atoms with van der Waals surface area (Å²) in [5.74, 6) is -1.06. The highest BCUT2D eigenvalue weighted by molar-refractivity contribution is 5.74. The third kappa shape index (κ3) is 2.28. The van der Waals surface area contributed by atoms with E-state index in [9.17, 15) is 9.59 Å². The molecule has 0 aliphatic heterocycles. The SMILES string of the molecule is Cc1ccc(-c2[nH]oc(=O)c2CC(=O)O)cc1. The monoisotopic (exact) mass is 233 g/mol. The molecule has 1 aromatic carbocycles. The molecular formula is C12H11NO4. The smallest absolute Gasteiger partial charge is 0.361 e. The van der Waals surface area contributed by atoms with E-state index in [4.69, 9.17) is 5.11 Å². The topological polar surface area (TPSA) is 83.3 Å². The van der Waals surface area contributed by atoms with E-state index >= 15 is 0 Å². The highest BCUT2D eigenvalue weighted by Crippen LogP contribution is 2.20. The number of H-pyrrole nitrogens is 1. The summed E-state index contributed by atoms with van der Waals surface area (Å²) in [7, 11) is 0. The molecule has 0 atom stereocenters. The zero-order valence-corrected chi connectivity index (χ0v) is 9.19. The van der Waals surface area contributed by atoms with Crippen LogP contribution in [0.4, 0.5) is 0 Å².